The Kier molecular flexibility index (Phi) is 3.85. The van der Waals surface area contributed by atoms with Gasteiger partial charge in [-0.3, -0.25) is 0 Å². The number of benzene rings is 1. The van der Waals surface area contributed by atoms with E-state index in [1.807, 2.05) is 0 Å². The summed E-state index contributed by atoms with van der Waals surface area (Å²) < 4.78 is 17.8. The molecule has 80 valence electrons. The molecule has 0 fully saturated rings. The molecule has 0 aromatic heterocycles. The fourth-order valence-electron chi connectivity index (χ4n) is 1.04. The fraction of sp³-hybridized carbons (Fsp3) is 0.182. The van der Waals surface area contributed by atoms with E-state index in [-0.39, 0.29) is 5.56 Å². The van der Waals surface area contributed by atoms with Crippen molar-refractivity contribution in [3.63, 3.8) is 0 Å². The van der Waals surface area contributed by atoms with E-state index >= 15 is 0 Å². The molecule has 0 unspecified atom stereocenters. The molecule has 0 aliphatic rings. The molecule has 0 atom stereocenters. The van der Waals surface area contributed by atoms with Crippen LogP contribution in [0.3, 0.4) is 0 Å². The zero-order chi connectivity index (χ0) is 11.3. The topological polar surface area (TPSA) is 52.3 Å². The van der Waals surface area contributed by atoms with Crippen molar-refractivity contribution in [2.24, 2.45) is 0 Å². The van der Waals surface area contributed by atoms with Crippen LogP contribution in [0.2, 0.25) is 0 Å². The van der Waals surface area contributed by atoms with Crippen LogP contribution >= 0.6 is 0 Å². The highest BCUT2D eigenvalue weighted by molar-refractivity contribution is 5.87. The van der Waals surface area contributed by atoms with Crippen LogP contribution in [0, 0.1) is 5.82 Å². The van der Waals surface area contributed by atoms with Gasteiger partial charge in [-0.05, 0) is 31.2 Å². The van der Waals surface area contributed by atoms with Crippen LogP contribution in [0.1, 0.15) is 12.5 Å². The van der Waals surface area contributed by atoms with Crippen molar-refractivity contribution in [2.75, 3.05) is 12.3 Å². The zero-order valence-electron chi connectivity index (χ0n) is 8.37. The van der Waals surface area contributed by atoms with Gasteiger partial charge in [-0.15, -0.1) is 0 Å². The Hall–Kier alpha value is -1.84. The number of nitrogens with two attached hydrogens (primary N) is 1. The largest absolute Gasteiger partial charge is 0.463 e. The molecule has 1 rings (SSSR count). The predicted molar refractivity (Wildman–Crippen MR) is 56.5 cm³/mol. The van der Waals surface area contributed by atoms with E-state index in [1.54, 1.807) is 6.92 Å². The Bertz CT molecular complexity index is 388. The summed E-state index contributed by atoms with van der Waals surface area (Å²) in [5, 5.41) is 0. The summed E-state index contributed by atoms with van der Waals surface area (Å²) in [5.74, 6) is -0.927. The second kappa shape index (κ2) is 5.14. The maximum absolute atomic E-state index is 13.1. The number of anilines is 1. The molecule has 0 aliphatic heterocycles. The van der Waals surface area contributed by atoms with E-state index < -0.39 is 11.8 Å². The summed E-state index contributed by atoms with van der Waals surface area (Å²) >= 11 is 0. The standard InChI is InChI=1S/C11H12FNO2/c1-2-15-11(14)6-3-8-7-9(13)4-5-10(8)12/h3-7H,2,13H2,1H3. The Balaban J connectivity index is 2.79. The van der Waals surface area contributed by atoms with Crippen molar-refractivity contribution in [1.82, 2.24) is 0 Å². The minimum absolute atomic E-state index is 0.267. The van der Waals surface area contributed by atoms with Gasteiger partial charge in [0.15, 0.2) is 0 Å². The quantitative estimate of drug-likeness (QED) is 0.470. The molecule has 0 radical (unpaired) electrons. The summed E-state index contributed by atoms with van der Waals surface area (Å²) in [6, 6.07) is 4.16. The number of ether oxygens (including phenoxy) is 1. The van der Waals surface area contributed by atoms with Crippen LogP contribution in [0.5, 0.6) is 0 Å². The Labute approximate surface area is 87.3 Å². The first-order valence-electron chi connectivity index (χ1n) is 4.53. The van der Waals surface area contributed by atoms with Crippen molar-refractivity contribution in [1.29, 1.82) is 0 Å². The third kappa shape index (κ3) is 3.42. The molecular weight excluding hydrogens is 197 g/mol. The average Bonchev–Trinajstić information content (AvgIpc) is 2.20. The molecule has 0 saturated heterocycles. The fourth-order valence-corrected chi connectivity index (χ4v) is 1.04. The van der Waals surface area contributed by atoms with Gasteiger partial charge in [-0.25, -0.2) is 9.18 Å². The van der Waals surface area contributed by atoms with E-state index in [2.05, 4.69) is 4.74 Å². The number of nitrogen functional groups attached to an aromatic ring is 1. The van der Waals surface area contributed by atoms with Crippen LogP contribution in [0.25, 0.3) is 6.08 Å². The molecule has 1 aromatic rings. The number of hydrogen-bond acceptors (Lipinski definition) is 3. The van der Waals surface area contributed by atoms with Crippen LogP contribution in [-0.4, -0.2) is 12.6 Å². The van der Waals surface area contributed by atoms with Crippen molar-refractivity contribution in [3.8, 4) is 0 Å². The minimum atomic E-state index is -0.501. The van der Waals surface area contributed by atoms with Gasteiger partial charge in [0.25, 0.3) is 0 Å². The second-order valence-corrected chi connectivity index (χ2v) is 2.87. The third-order valence-corrected chi connectivity index (χ3v) is 1.71. The molecule has 15 heavy (non-hydrogen) atoms. The van der Waals surface area contributed by atoms with Crippen molar-refractivity contribution >= 4 is 17.7 Å². The summed E-state index contributed by atoms with van der Waals surface area (Å²) in [5.41, 5.74) is 6.19. The molecule has 0 bridgehead atoms. The maximum atomic E-state index is 13.1. The molecule has 0 spiro atoms. The molecule has 3 nitrogen and oxygen atoms in total. The van der Waals surface area contributed by atoms with Crippen LogP contribution in [0.4, 0.5) is 10.1 Å². The predicted octanol–water partition coefficient (Wildman–Crippen LogP) is 1.98. The van der Waals surface area contributed by atoms with Gasteiger partial charge in [-0.1, -0.05) is 0 Å². The van der Waals surface area contributed by atoms with Gasteiger partial charge in [-0.2, -0.15) is 0 Å². The summed E-state index contributed by atoms with van der Waals surface area (Å²) in [4.78, 5) is 10.9. The van der Waals surface area contributed by atoms with Crippen molar-refractivity contribution < 1.29 is 13.9 Å². The van der Waals surface area contributed by atoms with Gasteiger partial charge in [0, 0.05) is 17.3 Å². The molecule has 2 N–H and O–H groups in total. The number of rotatable bonds is 3. The summed E-state index contributed by atoms with van der Waals surface area (Å²) in [6.45, 7) is 2.00. The molecule has 4 heteroatoms. The summed E-state index contributed by atoms with van der Waals surface area (Å²) in [6.07, 6.45) is 2.50. The monoisotopic (exact) mass is 209 g/mol. The van der Waals surface area contributed by atoms with Gasteiger partial charge < -0.3 is 10.5 Å². The lowest BCUT2D eigenvalue weighted by molar-refractivity contribution is -0.137. The van der Waals surface area contributed by atoms with Crippen molar-refractivity contribution in [3.05, 3.63) is 35.7 Å². The zero-order valence-corrected chi connectivity index (χ0v) is 8.37. The second-order valence-electron chi connectivity index (χ2n) is 2.87. The minimum Gasteiger partial charge on any atom is -0.463 e. The molecule has 0 aliphatic carbocycles. The first-order chi connectivity index (χ1) is 7.13. The Morgan fingerprint density at radius 1 is 1.60 bits per heavy atom. The highest BCUT2D eigenvalue weighted by atomic mass is 19.1. The SMILES string of the molecule is CCOC(=O)C=Cc1cc(N)ccc1F. The smallest absolute Gasteiger partial charge is 0.330 e. The highest BCUT2D eigenvalue weighted by Crippen LogP contribution is 2.13. The number of hydrogen-bond donors (Lipinski definition) is 1. The number of halogens is 1. The number of esters is 1. The van der Waals surface area contributed by atoms with E-state index in [9.17, 15) is 9.18 Å². The summed E-state index contributed by atoms with van der Waals surface area (Å²) in [7, 11) is 0. The van der Waals surface area contributed by atoms with Gasteiger partial charge in [0.05, 0.1) is 6.61 Å². The van der Waals surface area contributed by atoms with Crippen LogP contribution in [-0.2, 0) is 9.53 Å². The lowest BCUT2D eigenvalue weighted by Crippen LogP contribution is -1.99. The van der Waals surface area contributed by atoms with Crippen LogP contribution < -0.4 is 5.73 Å². The van der Waals surface area contributed by atoms with Gasteiger partial charge in [0.2, 0.25) is 0 Å². The van der Waals surface area contributed by atoms with Crippen molar-refractivity contribution in [2.45, 2.75) is 6.92 Å². The van der Waals surface area contributed by atoms with Crippen LogP contribution in [0.15, 0.2) is 24.3 Å². The molecule has 0 heterocycles. The van der Waals surface area contributed by atoms with E-state index in [0.717, 1.165) is 0 Å². The Morgan fingerprint density at radius 3 is 3.00 bits per heavy atom. The third-order valence-electron chi connectivity index (χ3n) is 1.71. The van der Waals surface area contributed by atoms with E-state index in [4.69, 9.17) is 5.73 Å². The average molecular weight is 209 g/mol. The number of carbonyl (C=O) groups is 1. The van der Waals surface area contributed by atoms with Gasteiger partial charge in [0.1, 0.15) is 5.82 Å². The first kappa shape index (κ1) is 11.2. The molecule has 1 aromatic carbocycles. The lowest BCUT2D eigenvalue weighted by Gasteiger charge is -1.99. The number of carbonyl (C=O) groups excluding carboxylic acids is 1. The maximum Gasteiger partial charge on any atom is 0.330 e. The Morgan fingerprint density at radius 2 is 2.33 bits per heavy atom. The highest BCUT2D eigenvalue weighted by Gasteiger charge is 2.00. The lowest BCUT2D eigenvalue weighted by atomic mass is 10.2. The first-order valence-corrected chi connectivity index (χ1v) is 4.53. The van der Waals surface area contributed by atoms with E-state index in [0.29, 0.717) is 12.3 Å². The van der Waals surface area contributed by atoms with E-state index in [1.165, 1.54) is 30.4 Å². The normalized spacial score (nSPS) is 10.5. The molecule has 0 saturated carbocycles. The van der Waals surface area contributed by atoms with Gasteiger partial charge >= 0.3 is 5.97 Å². The molecule has 0 amide bonds. The molecular formula is C11H12FNO2.